The summed E-state index contributed by atoms with van der Waals surface area (Å²) in [5, 5.41) is 8.60. The van der Waals surface area contributed by atoms with Crippen molar-refractivity contribution in [2.75, 3.05) is 0 Å². The van der Waals surface area contributed by atoms with E-state index in [1.165, 1.54) is 38.6 Å². The van der Waals surface area contributed by atoms with E-state index in [4.69, 9.17) is 15.1 Å². The van der Waals surface area contributed by atoms with E-state index in [9.17, 15) is 0 Å². The van der Waals surface area contributed by atoms with Crippen LogP contribution in [-0.4, -0.2) is 19.6 Å². The Morgan fingerprint density at radius 3 is 1.74 bits per heavy atom. The highest BCUT2D eigenvalue weighted by Crippen LogP contribution is 2.36. The number of hydrogen-bond acceptors (Lipinski definition) is 3. The van der Waals surface area contributed by atoms with Gasteiger partial charge in [-0.3, -0.25) is 0 Å². The van der Waals surface area contributed by atoms with Crippen molar-refractivity contribution in [2.24, 2.45) is 0 Å². The zero-order valence-electron chi connectivity index (χ0n) is 29.0. The predicted molar refractivity (Wildman–Crippen MR) is 219 cm³/mol. The second-order valence-corrected chi connectivity index (χ2v) is 13.6. The molecule has 3 heterocycles. The minimum absolute atomic E-state index is 0.711. The summed E-state index contributed by atoms with van der Waals surface area (Å²) in [7, 11) is 0. The summed E-state index contributed by atoms with van der Waals surface area (Å²) < 4.78 is 2.10. The van der Waals surface area contributed by atoms with Crippen LogP contribution in [0.1, 0.15) is 24.1 Å². The molecule has 1 aliphatic carbocycles. The second-order valence-electron chi connectivity index (χ2n) is 13.6. The van der Waals surface area contributed by atoms with Crippen LogP contribution in [0.25, 0.3) is 83.4 Å². The molecule has 250 valence electrons. The van der Waals surface area contributed by atoms with Crippen LogP contribution >= 0.6 is 0 Å². The number of fused-ring (bicyclic) bond motifs is 5. The number of allylic oxidation sites excluding steroid dienone is 4. The third-order valence-electron chi connectivity index (χ3n) is 10.4. The standard InChI is InChI=1S/C49H34N4/c1-3-11-33(12-4-1)35-19-23-37(24-20-35)45-32-46(38-25-21-36(22-26-38)34-13-5-2-6-14-34)51-49(50-45)40-29-27-39(28-30-40)47-31-41-15-7-8-16-42(41)48-43-17-9-10-18-44(43)52-53(47)48/h1-21,23-25,27-32H,22,26H2. The zero-order chi connectivity index (χ0) is 35.1. The van der Waals surface area contributed by atoms with Crippen LogP contribution in [0.15, 0.2) is 182 Å². The monoisotopic (exact) mass is 678 g/mol. The maximum atomic E-state index is 5.21. The normalized spacial score (nSPS) is 13.0. The van der Waals surface area contributed by atoms with Gasteiger partial charge in [-0.2, -0.15) is 5.10 Å². The van der Waals surface area contributed by atoms with E-state index in [0.29, 0.717) is 5.82 Å². The molecule has 0 unspecified atom stereocenters. The number of nitrogens with zero attached hydrogens (tertiary/aromatic N) is 4. The summed E-state index contributed by atoms with van der Waals surface area (Å²) in [6, 6.07) is 59.8. The van der Waals surface area contributed by atoms with Crippen molar-refractivity contribution in [2.45, 2.75) is 12.8 Å². The van der Waals surface area contributed by atoms with Gasteiger partial charge in [-0.25, -0.2) is 14.5 Å². The molecule has 0 radical (unpaired) electrons. The van der Waals surface area contributed by atoms with E-state index in [2.05, 4.69) is 174 Å². The number of rotatable bonds is 6. The molecule has 0 aliphatic heterocycles. The van der Waals surface area contributed by atoms with Crippen molar-refractivity contribution in [3.05, 3.63) is 193 Å². The smallest absolute Gasteiger partial charge is 0.160 e. The lowest BCUT2D eigenvalue weighted by atomic mass is 9.91. The van der Waals surface area contributed by atoms with Crippen LogP contribution in [0.5, 0.6) is 0 Å². The molecular formula is C49H34N4. The van der Waals surface area contributed by atoms with Gasteiger partial charge in [0, 0.05) is 27.5 Å². The fourth-order valence-electron chi connectivity index (χ4n) is 7.61. The molecule has 0 saturated carbocycles. The third kappa shape index (κ3) is 5.71. The molecule has 0 spiro atoms. The van der Waals surface area contributed by atoms with Gasteiger partial charge in [0.05, 0.1) is 28.1 Å². The Hall–Kier alpha value is -6.91. The lowest BCUT2D eigenvalue weighted by Gasteiger charge is -2.16. The van der Waals surface area contributed by atoms with Gasteiger partial charge >= 0.3 is 0 Å². The Morgan fingerprint density at radius 2 is 0.981 bits per heavy atom. The Kier molecular flexibility index (Phi) is 7.58. The van der Waals surface area contributed by atoms with Gasteiger partial charge in [0.25, 0.3) is 0 Å². The van der Waals surface area contributed by atoms with Gasteiger partial charge in [-0.1, -0.05) is 164 Å². The summed E-state index contributed by atoms with van der Waals surface area (Å²) in [6.45, 7) is 0. The molecule has 3 aromatic heterocycles. The molecule has 6 aromatic carbocycles. The SMILES string of the molecule is C1=C(c2ccccc2)CCC(c2cc(-c3ccc(-c4ccccc4)cc3)nc(-c3ccc(-c4cc5ccccc5c5c6ccccc6nn45)cc3)n2)=C1. The van der Waals surface area contributed by atoms with Gasteiger partial charge < -0.3 is 0 Å². The summed E-state index contributed by atoms with van der Waals surface area (Å²) in [5.74, 6) is 0.711. The van der Waals surface area contributed by atoms with Crippen molar-refractivity contribution in [3.8, 4) is 45.0 Å². The van der Waals surface area contributed by atoms with Crippen molar-refractivity contribution in [1.82, 2.24) is 19.6 Å². The lowest BCUT2D eigenvalue weighted by molar-refractivity contribution is 0.996. The topological polar surface area (TPSA) is 43.1 Å². The van der Waals surface area contributed by atoms with E-state index in [1.807, 2.05) is 12.1 Å². The van der Waals surface area contributed by atoms with Gasteiger partial charge in [0.15, 0.2) is 5.82 Å². The summed E-state index contributed by atoms with van der Waals surface area (Å²) in [4.78, 5) is 10.4. The predicted octanol–water partition coefficient (Wildman–Crippen LogP) is 12.4. The molecular weight excluding hydrogens is 645 g/mol. The first-order chi connectivity index (χ1) is 26.2. The summed E-state index contributed by atoms with van der Waals surface area (Å²) in [6.07, 6.45) is 6.37. The van der Waals surface area contributed by atoms with Crippen molar-refractivity contribution < 1.29 is 0 Å². The molecule has 4 heteroatoms. The molecule has 0 N–H and O–H groups in total. The van der Waals surface area contributed by atoms with E-state index < -0.39 is 0 Å². The van der Waals surface area contributed by atoms with Gasteiger partial charge in [0.2, 0.25) is 0 Å². The Balaban J connectivity index is 1.07. The fraction of sp³-hybridized carbons (Fsp3) is 0.0408. The molecule has 53 heavy (non-hydrogen) atoms. The van der Waals surface area contributed by atoms with Gasteiger partial charge in [0.1, 0.15) is 0 Å². The van der Waals surface area contributed by atoms with Crippen molar-refractivity contribution in [3.63, 3.8) is 0 Å². The van der Waals surface area contributed by atoms with Crippen molar-refractivity contribution >= 4 is 38.3 Å². The average molecular weight is 679 g/mol. The number of hydrogen-bond donors (Lipinski definition) is 0. The Bertz CT molecular complexity index is 2850. The molecule has 1 aliphatic rings. The maximum Gasteiger partial charge on any atom is 0.160 e. The first kappa shape index (κ1) is 30.9. The van der Waals surface area contributed by atoms with Crippen LogP contribution in [0.3, 0.4) is 0 Å². The zero-order valence-corrected chi connectivity index (χ0v) is 29.0. The van der Waals surface area contributed by atoms with Crippen LogP contribution in [-0.2, 0) is 0 Å². The molecule has 0 saturated heterocycles. The van der Waals surface area contributed by atoms with Crippen LogP contribution in [0.4, 0.5) is 0 Å². The molecule has 0 fully saturated rings. The average Bonchev–Trinajstić information content (AvgIpc) is 3.64. The third-order valence-corrected chi connectivity index (χ3v) is 10.4. The number of benzene rings is 6. The molecule has 9 aromatic rings. The minimum atomic E-state index is 0.711. The molecule has 4 nitrogen and oxygen atoms in total. The molecule has 0 atom stereocenters. The molecule has 10 rings (SSSR count). The van der Waals surface area contributed by atoms with Crippen LogP contribution < -0.4 is 0 Å². The highest BCUT2D eigenvalue weighted by atomic mass is 15.2. The van der Waals surface area contributed by atoms with E-state index in [-0.39, 0.29) is 0 Å². The highest BCUT2D eigenvalue weighted by Gasteiger charge is 2.17. The van der Waals surface area contributed by atoms with Crippen molar-refractivity contribution in [1.29, 1.82) is 0 Å². The first-order valence-corrected chi connectivity index (χ1v) is 18.2. The van der Waals surface area contributed by atoms with Crippen LogP contribution in [0, 0.1) is 0 Å². The second kappa shape index (κ2) is 13.0. The fourth-order valence-corrected chi connectivity index (χ4v) is 7.61. The molecule has 0 amide bonds. The highest BCUT2D eigenvalue weighted by molar-refractivity contribution is 6.10. The maximum absolute atomic E-state index is 5.21. The number of pyridine rings is 1. The van der Waals surface area contributed by atoms with Gasteiger partial charge in [-0.15, -0.1) is 0 Å². The molecule has 0 bridgehead atoms. The largest absolute Gasteiger partial charge is 0.231 e. The minimum Gasteiger partial charge on any atom is -0.231 e. The summed E-state index contributed by atoms with van der Waals surface area (Å²) in [5.41, 5.74) is 14.4. The lowest BCUT2D eigenvalue weighted by Crippen LogP contribution is -2.01. The van der Waals surface area contributed by atoms with Gasteiger partial charge in [-0.05, 0) is 64.3 Å². The van der Waals surface area contributed by atoms with E-state index in [0.717, 1.165) is 63.0 Å². The Labute approximate surface area is 308 Å². The van der Waals surface area contributed by atoms with E-state index in [1.54, 1.807) is 0 Å². The van der Waals surface area contributed by atoms with Crippen LogP contribution in [0.2, 0.25) is 0 Å². The van der Waals surface area contributed by atoms with E-state index >= 15 is 0 Å². The summed E-state index contributed by atoms with van der Waals surface area (Å²) >= 11 is 0. The first-order valence-electron chi connectivity index (χ1n) is 18.2. The number of aromatic nitrogens is 4. The quantitative estimate of drug-likeness (QED) is 0.176. The Morgan fingerprint density at radius 1 is 0.415 bits per heavy atom.